The fourth-order valence-electron chi connectivity index (χ4n) is 5.55. The molecule has 0 aliphatic heterocycles. The summed E-state index contributed by atoms with van der Waals surface area (Å²) in [4.78, 5) is 17.4. The van der Waals surface area contributed by atoms with E-state index in [0.717, 1.165) is 69.1 Å². The average Bonchev–Trinajstić information content (AvgIpc) is 3.71. The van der Waals surface area contributed by atoms with Crippen LogP contribution in [0.1, 0.15) is 50.8 Å². The molecule has 0 saturated heterocycles. The van der Waals surface area contributed by atoms with E-state index in [4.69, 9.17) is 0 Å². The van der Waals surface area contributed by atoms with Gasteiger partial charge in [-0.05, 0) is 74.6 Å². The number of pyridine rings is 3. The van der Waals surface area contributed by atoms with Crippen molar-refractivity contribution in [1.82, 2.24) is 35.5 Å². The van der Waals surface area contributed by atoms with Gasteiger partial charge >= 0.3 is 0 Å². The Morgan fingerprint density at radius 3 is 2.74 bits per heavy atom. The summed E-state index contributed by atoms with van der Waals surface area (Å²) < 4.78 is 0. The van der Waals surface area contributed by atoms with E-state index in [9.17, 15) is 0 Å². The van der Waals surface area contributed by atoms with Gasteiger partial charge in [0.25, 0.3) is 0 Å². The van der Waals surface area contributed by atoms with Crippen LogP contribution in [0.15, 0.2) is 67.3 Å². The highest BCUT2D eigenvalue weighted by atomic mass is 15.2. The number of H-pyrrole nitrogens is 2. The lowest BCUT2D eigenvalue weighted by molar-refractivity contribution is 0.489. The van der Waals surface area contributed by atoms with Crippen LogP contribution in [0.4, 0.5) is 0 Å². The monoisotopic (exact) mass is 503 g/mol. The van der Waals surface area contributed by atoms with Crippen LogP contribution >= 0.6 is 0 Å². The Hall–Kier alpha value is -4.10. The van der Waals surface area contributed by atoms with Gasteiger partial charge in [0, 0.05) is 58.7 Å². The third-order valence-corrected chi connectivity index (χ3v) is 7.52. The fourth-order valence-corrected chi connectivity index (χ4v) is 5.55. The largest absolute Gasteiger partial charge is 0.353 e. The molecule has 5 aromatic rings. The number of fused-ring (bicyclic) bond motifs is 2. The molecule has 3 N–H and O–H groups in total. The Labute approximate surface area is 222 Å². The van der Waals surface area contributed by atoms with Gasteiger partial charge in [0.15, 0.2) is 5.65 Å². The van der Waals surface area contributed by atoms with Crippen molar-refractivity contribution in [3.05, 3.63) is 78.5 Å². The number of hydrogen-bond acceptors (Lipinski definition) is 5. The molecule has 0 unspecified atom stereocenters. The highest BCUT2D eigenvalue weighted by Gasteiger charge is 2.16. The summed E-state index contributed by atoms with van der Waals surface area (Å²) in [6.45, 7) is 5.97. The molecule has 0 radical (unpaired) electrons. The van der Waals surface area contributed by atoms with Crippen molar-refractivity contribution in [2.24, 2.45) is 5.92 Å². The normalized spacial score (nSPS) is 14.9. The van der Waals surface area contributed by atoms with Gasteiger partial charge in [-0.1, -0.05) is 31.1 Å². The van der Waals surface area contributed by atoms with Crippen LogP contribution in [0.3, 0.4) is 0 Å². The minimum atomic E-state index is 0.686. The van der Waals surface area contributed by atoms with Gasteiger partial charge in [0.05, 0.1) is 17.1 Å². The molecule has 1 aliphatic carbocycles. The van der Waals surface area contributed by atoms with Gasteiger partial charge in [0.1, 0.15) is 0 Å². The van der Waals surface area contributed by atoms with Crippen LogP contribution in [0.2, 0.25) is 0 Å². The van der Waals surface area contributed by atoms with Crippen LogP contribution in [0, 0.1) is 5.92 Å². The van der Waals surface area contributed by atoms with Crippen molar-refractivity contribution in [3.63, 3.8) is 0 Å². The number of hydrogen-bond donors (Lipinski definition) is 3. The molecule has 0 aromatic carbocycles. The maximum Gasteiger partial charge on any atom is 0.181 e. The molecular formula is C31H33N7. The molecule has 1 saturated carbocycles. The van der Waals surface area contributed by atoms with Crippen molar-refractivity contribution in [2.75, 3.05) is 6.54 Å². The smallest absolute Gasteiger partial charge is 0.181 e. The van der Waals surface area contributed by atoms with Gasteiger partial charge in [-0.2, -0.15) is 5.10 Å². The predicted molar refractivity (Wildman–Crippen MR) is 154 cm³/mol. The first kappa shape index (κ1) is 24.2. The Kier molecular flexibility index (Phi) is 6.84. The summed E-state index contributed by atoms with van der Waals surface area (Å²) in [5.74, 6) is 0.821. The van der Waals surface area contributed by atoms with Crippen molar-refractivity contribution < 1.29 is 0 Å². The van der Waals surface area contributed by atoms with E-state index < -0.39 is 0 Å². The highest BCUT2D eigenvalue weighted by molar-refractivity contribution is 5.99. The summed E-state index contributed by atoms with van der Waals surface area (Å²) in [5, 5.41) is 13.3. The van der Waals surface area contributed by atoms with Crippen LogP contribution in [0.5, 0.6) is 0 Å². The molecule has 5 aromatic heterocycles. The molecule has 0 atom stereocenters. The van der Waals surface area contributed by atoms with Crippen molar-refractivity contribution in [1.29, 1.82) is 0 Å². The minimum Gasteiger partial charge on any atom is -0.353 e. The molecule has 7 nitrogen and oxygen atoms in total. The Morgan fingerprint density at radius 1 is 1.03 bits per heavy atom. The van der Waals surface area contributed by atoms with Crippen LogP contribution in [-0.4, -0.2) is 36.7 Å². The third-order valence-electron chi connectivity index (χ3n) is 7.52. The first-order valence-corrected chi connectivity index (χ1v) is 13.5. The number of nitrogens with one attached hydrogen (secondary N) is 3. The molecule has 5 heterocycles. The van der Waals surface area contributed by atoms with Crippen LogP contribution in [-0.2, 0) is 6.54 Å². The van der Waals surface area contributed by atoms with Gasteiger partial charge in [-0.15, -0.1) is 0 Å². The zero-order valence-electron chi connectivity index (χ0n) is 22.0. The summed E-state index contributed by atoms with van der Waals surface area (Å²) >= 11 is 0. The molecule has 7 heteroatoms. The molecular weight excluding hydrogens is 470 g/mol. The second-order valence-electron chi connectivity index (χ2n) is 10.1. The molecule has 1 fully saturated rings. The second kappa shape index (κ2) is 10.7. The van der Waals surface area contributed by atoms with Gasteiger partial charge in [0.2, 0.25) is 0 Å². The molecule has 1 aliphatic rings. The summed E-state index contributed by atoms with van der Waals surface area (Å²) in [6.07, 6.45) is 19.2. The van der Waals surface area contributed by atoms with Gasteiger partial charge < -0.3 is 10.3 Å². The predicted octanol–water partition coefficient (Wildman–Crippen LogP) is 6.82. The van der Waals surface area contributed by atoms with E-state index in [0.29, 0.717) is 5.65 Å². The molecule has 38 heavy (non-hydrogen) atoms. The lowest BCUT2D eigenvalue weighted by Crippen LogP contribution is -2.20. The number of allylic oxidation sites excluding steroid dienone is 4. The SMILES string of the molecule is C/C=C\C(=C/C)c1nccc2[nH]c(-c3[nH]nc4ncc(-c5cncc(CNCC6CCCC6)c5)cc34)cc12. The van der Waals surface area contributed by atoms with Crippen LogP contribution in [0.25, 0.3) is 50.0 Å². The van der Waals surface area contributed by atoms with Gasteiger partial charge in [-0.3, -0.25) is 15.1 Å². The molecule has 0 amide bonds. The number of nitrogens with zero attached hydrogens (tertiary/aromatic N) is 4. The molecule has 6 rings (SSSR count). The van der Waals surface area contributed by atoms with E-state index in [-0.39, 0.29) is 0 Å². The zero-order valence-corrected chi connectivity index (χ0v) is 22.0. The second-order valence-corrected chi connectivity index (χ2v) is 10.1. The van der Waals surface area contributed by atoms with Crippen molar-refractivity contribution >= 4 is 27.5 Å². The van der Waals surface area contributed by atoms with E-state index in [1.807, 2.05) is 50.8 Å². The number of aromatic nitrogens is 6. The average molecular weight is 504 g/mol. The standard InChI is InChI=1S/C31H33N7/c1-3-7-22(4-2)29-25-14-28(36-27(25)10-11-34-29)30-26-13-24(19-35-31(26)38-37-30)23-12-21(17-33-18-23)16-32-15-20-8-5-6-9-20/h3-4,7,10-14,17-20,32,36H,5-6,8-9,15-16H2,1-2H3,(H,35,37,38)/b7-3-,22-4+. The zero-order chi connectivity index (χ0) is 25.9. The molecule has 0 bridgehead atoms. The first-order valence-electron chi connectivity index (χ1n) is 13.5. The van der Waals surface area contributed by atoms with Crippen molar-refractivity contribution in [2.45, 2.75) is 46.1 Å². The van der Waals surface area contributed by atoms with Crippen LogP contribution < -0.4 is 5.32 Å². The summed E-state index contributed by atoms with van der Waals surface area (Å²) in [7, 11) is 0. The quantitative estimate of drug-likeness (QED) is 0.202. The van der Waals surface area contributed by atoms with E-state index in [1.54, 1.807) is 0 Å². The Balaban J connectivity index is 1.31. The van der Waals surface area contributed by atoms with Gasteiger partial charge in [-0.25, -0.2) is 4.98 Å². The minimum absolute atomic E-state index is 0.686. The van der Waals surface area contributed by atoms with E-state index >= 15 is 0 Å². The number of aromatic amines is 2. The molecule has 0 spiro atoms. The van der Waals surface area contributed by atoms with E-state index in [2.05, 4.69) is 65.8 Å². The fraction of sp³-hybridized carbons (Fsp3) is 0.290. The molecule has 192 valence electrons. The summed E-state index contributed by atoms with van der Waals surface area (Å²) in [6, 6.07) is 8.50. The Bertz CT molecular complexity index is 1630. The third kappa shape index (κ3) is 4.77. The maximum absolute atomic E-state index is 4.67. The maximum atomic E-state index is 4.67. The van der Waals surface area contributed by atoms with E-state index in [1.165, 1.54) is 31.2 Å². The Morgan fingerprint density at radius 2 is 1.89 bits per heavy atom. The summed E-state index contributed by atoms with van der Waals surface area (Å²) in [5.41, 5.74) is 8.89. The highest BCUT2D eigenvalue weighted by Crippen LogP contribution is 2.33. The van der Waals surface area contributed by atoms with Crippen molar-refractivity contribution in [3.8, 4) is 22.5 Å². The number of rotatable bonds is 8. The lowest BCUT2D eigenvalue weighted by Gasteiger charge is -2.11. The topological polar surface area (TPSA) is 95.2 Å². The lowest BCUT2D eigenvalue weighted by atomic mass is 10.0. The first-order chi connectivity index (χ1) is 18.7.